The molecule has 4 aliphatic rings. The van der Waals surface area contributed by atoms with Gasteiger partial charge >= 0.3 is 0 Å². The van der Waals surface area contributed by atoms with Gasteiger partial charge in [0.05, 0.1) is 8.07 Å². The highest BCUT2D eigenvalue weighted by Crippen LogP contribution is 2.68. The first kappa shape index (κ1) is 27.0. The van der Waals surface area contributed by atoms with Crippen LogP contribution in [0.3, 0.4) is 0 Å². The Kier molecular flexibility index (Phi) is 7.69. The molecule has 196 valence electrons. The second-order valence-electron chi connectivity index (χ2n) is 16.1. The van der Waals surface area contributed by atoms with E-state index in [1.54, 1.807) is 12.8 Å². The van der Waals surface area contributed by atoms with E-state index in [2.05, 4.69) is 73.7 Å². The smallest absolute Gasteiger partial charge is 0.0530 e. The van der Waals surface area contributed by atoms with Crippen LogP contribution in [0.15, 0.2) is 12.2 Å². The average molecular weight is 485 g/mol. The molecule has 0 aromatic heterocycles. The molecule has 0 aromatic rings. The standard InChI is InChI=1S/C33H60Si/c1-24(23-34(8,9)31(3,4)5)13-12-14-25(2)28-18-19-29-27-17-16-26-15-10-11-21-32(26,6)30(27)20-22-33(28,29)7/h10-11,24-30H,12-23H2,1-9H3/t24?,25-,26-,27+,28-,29+,30+,32+,33-/m1/s1. The fourth-order valence-corrected chi connectivity index (χ4v) is 12.6. The van der Waals surface area contributed by atoms with Gasteiger partial charge in [0.2, 0.25) is 0 Å². The second kappa shape index (κ2) is 9.68. The molecule has 0 spiro atoms. The zero-order valence-corrected chi connectivity index (χ0v) is 25.7. The summed E-state index contributed by atoms with van der Waals surface area (Å²) < 4.78 is 0. The maximum atomic E-state index is 2.76. The Morgan fingerprint density at radius 2 is 1.59 bits per heavy atom. The van der Waals surface area contributed by atoms with Crippen LogP contribution in [0.5, 0.6) is 0 Å². The van der Waals surface area contributed by atoms with Crippen molar-refractivity contribution in [2.24, 2.45) is 52.3 Å². The SMILES string of the molecule is CC(CCC[C@@H](C)[C@H]1CC[C@H]2[C@@H]3CC[C@H]4CC=CC[C@]4(C)[C@H]3CC[C@]12C)C[Si](C)(C)C(C)(C)C. The van der Waals surface area contributed by atoms with Gasteiger partial charge in [-0.25, -0.2) is 0 Å². The maximum absolute atomic E-state index is 2.76. The van der Waals surface area contributed by atoms with Crippen LogP contribution >= 0.6 is 0 Å². The van der Waals surface area contributed by atoms with Crippen LogP contribution in [0.1, 0.15) is 119 Å². The zero-order valence-electron chi connectivity index (χ0n) is 24.7. The van der Waals surface area contributed by atoms with Crippen LogP contribution < -0.4 is 0 Å². The van der Waals surface area contributed by atoms with E-state index in [-0.39, 0.29) is 0 Å². The summed E-state index contributed by atoms with van der Waals surface area (Å²) in [6, 6.07) is 1.51. The van der Waals surface area contributed by atoms with Gasteiger partial charge in [0, 0.05) is 0 Å². The molecule has 0 aromatic carbocycles. The minimum absolute atomic E-state index is 0.533. The van der Waals surface area contributed by atoms with E-state index in [1.807, 2.05) is 0 Å². The third-order valence-corrected chi connectivity index (χ3v) is 19.0. The summed E-state index contributed by atoms with van der Waals surface area (Å²) in [5.74, 6) is 6.89. The van der Waals surface area contributed by atoms with Crippen molar-refractivity contribution in [2.75, 3.05) is 0 Å². The van der Waals surface area contributed by atoms with Crippen molar-refractivity contribution >= 4 is 8.07 Å². The molecule has 1 unspecified atom stereocenters. The van der Waals surface area contributed by atoms with Gasteiger partial charge in [-0.15, -0.1) is 0 Å². The van der Waals surface area contributed by atoms with Gasteiger partial charge in [0.15, 0.2) is 0 Å². The molecule has 0 nitrogen and oxygen atoms in total. The molecule has 0 aliphatic heterocycles. The van der Waals surface area contributed by atoms with E-state index in [9.17, 15) is 0 Å². The number of fused-ring (bicyclic) bond motifs is 5. The van der Waals surface area contributed by atoms with Gasteiger partial charge in [-0.3, -0.25) is 0 Å². The Hall–Kier alpha value is -0.0431. The van der Waals surface area contributed by atoms with Crippen molar-refractivity contribution in [3.05, 3.63) is 12.2 Å². The Morgan fingerprint density at radius 1 is 0.882 bits per heavy atom. The Morgan fingerprint density at radius 3 is 2.29 bits per heavy atom. The van der Waals surface area contributed by atoms with Crippen molar-refractivity contribution in [3.63, 3.8) is 0 Å². The third kappa shape index (κ3) is 4.79. The molecule has 4 aliphatic carbocycles. The molecule has 0 bridgehead atoms. The first-order chi connectivity index (χ1) is 15.8. The quantitative estimate of drug-likeness (QED) is 0.249. The number of allylic oxidation sites excluding steroid dienone is 2. The highest BCUT2D eigenvalue weighted by molar-refractivity contribution is 6.80. The van der Waals surface area contributed by atoms with E-state index in [0.29, 0.717) is 15.9 Å². The molecule has 0 N–H and O–H groups in total. The Bertz CT molecular complexity index is 727. The lowest BCUT2D eigenvalue weighted by atomic mass is 9.45. The van der Waals surface area contributed by atoms with E-state index in [1.165, 1.54) is 63.8 Å². The number of hydrogen-bond acceptors (Lipinski definition) is 0. The second-order valence-corrected chi connectivity index (χ2v) is 21.8. The van der Waals surface area contributed by atoms with E-state index < -0.39 is 8.07 Å². The number of rotatable bonds is 7. The Labute approximate surface area is 215 Å². The average Bonchev–Trinajstić information content (AvgIpc) is 3.09. The lowest BCUT2D eigenvalue weighted by molar-refractivity contribution is -0.101. The molecule has 0 saturated heterocycles. The highest BCUT2D eigenvalue weighted by Gasteiger charge is 2.59. The molecule has 3 fully saturated rings. The molecular weight excluding hydrogens is 424 g/mol. The van der Waals surface area contributed by atoms with Gasteiger partial charge in [-0.1, -0.05) is 99.0 Å². The molecular formula is C33H60Si. The van der Waals surface area contributed by atoms with Crippen molar-refractivity contribution < 1.29 is 0 Å². The summed E-state index contributed by atoms with van der Waals surface area (Å²) in [6.45, 7) is 23.4. The van der Waals surface area contributed by atoms with Gasteiger partial charge in [0.25, 0.3) is 0 Å². The van der Waals surface area contributed by atoms with Gasteiger partial charge in [0.1, 0.15) is 0 Å². The highest BCUT2D eigenvalue weighted by atomic mass is 28.3. The van der Waals surface area contributed by atoms with Crippen LogP contribution in [0.4, 0.5) is 0 Å². The lowest BCUT2D eigenvalue weighted by Gasteiger charge is -2.60. The minimum Gasteiger partial charge on any atom is -0.0882 e. The maximum Gasteiger partial charge on any atom is 0.0530 e. The van der Waals surface area contributed by atoms with Crippen molar-refractivity contribution in [3.8, 4) is 0 Å². The molecule has 0 heterocycles. The minimum atomic E-state index is -1.15. The fourth-order valence-electron chi connectivity index (χ4n) is 10.1. The van der Waals surface area contributed by atoms with Crippen molar-refractivity contribution in [1.29, 1.82) is 0 Å². The van der Waals surface area contributed by atoms with E-state index >= 15 is 0 Å². The van der Waals surface area contributed by atoms with E-state index in [0.717, 1.165) is 41.4 Å². The third-order valence-electron chi connectivity index (χ3n) is 13.2. The van der Waals surface area contributed by atoms with Crippen LogP contribution in [0.25, 0.3) is 0 Å². The van der Waals surface area contributed by atoms with Crippen LogP contribution in [0.2, 0.25) is 24.2 Å². The lowest BCUT2D eigenvalue weighted by Crippen LogP contribution is -2.52. The molecule has 4 rings (SSSR count). The fraction of sp³-hybridized carbons (Fsp3) is 0.939. The first-order valence-corrected chi connectivity index (χ1v) is 18.7. The summed E-state index contributed by atoms with van der Waals surface area (Å²) >= 11 is 0. The molecule has 9 atom stereocenters. The predicted octanol–water partition coefficient (Wildman–Crippen LogP) is 10.8. The topological polar surface area (TPSA) is 0 Å². The van der Waals surface area contributed by atoms with Crippen LogP contribution in [0, 0.1) is 52.3 Å². The summed E-state index contributed by atoms with van der Waals surface area (Å²) in [5.41, 5.74) is 1.25. The van der Waals surface area contributed by atoms with E-state index in [4.69, 9.17) is 0 Å². The largest absolute Gasteiger partial charge is 0.0882 e. The van der Waals surface area contributed by atoms with Crippen LogP contribution in [-0.4, -0.2) is 8.07 Å². The summed E-state index contributed by atoms with van der Waals surface area (Å²) in [7, 11) is -1.15. The summed E-state index contributed by atoms with van der Waals surface area (Å²) in [6.07, 6.45) is 21.4. The molecule has 34 heavy (non-hydrogen) atoms. The molecule has 3 saturated carbocycles. The van der Waals surface area contributed by atoms with Gasteiger partial charge in [-0.2, -0.15) is 0 Å². The van der Waals surface area contributed by atoms with Crippen LogP contribution in [-0.2, 0) is 0 Å². The van der Waals surface area contributed by atoms with Crippen molar-refractivity contribution in [2.45, 2.75) is 143 Å². The monoisotopic (exact) mass is 484 g/mol. The Balaban J connectivity index is 1.33. The zero-order chi connectivity index (χ0) is 24.9. The van der Waals surface area contributed by atoms with Crippen molar-refractivity contribution in [1.82, 2.24) is 0 Å². The predicted molar refractivity (Wildman–Crippen MR) is 154 cm³/mol. The van der Waals surface area contributed by atoms with Gasteiger partial charge in [-0.05, 0) is 109 Å². The summed E-state index contributed by atoms with van der Waals surface area (Å²) in [5, 5.41) is 0.533. The normalized spacial score (nSPS) is 42.0. The van der Waals surface area contributed by atoms with Gasteiger partial charge < -0.3 is 0 Å². The molecule has 1 heteroatoms. The molecule has 0 amide bonds. The summed E-state index contributed by atoms with van der Waals surface area (Å²) in [4.78, 5) is 0. The molecule has 0 radical (unpaired) electrons. The number of hydrogen-bond donors (Lipinski definition) is 0. The first-order valence-electron chi connectivity index (χ1n) is 15.4.